The van der Waals surface area contributed by atoms with Gasteiger partial charge in [-0.25, -0.2) is 4.98 Å². The van der Waals surface area contributed by atoms with Gasteiger partial charge >= 0.3 is 0 Å². The van der Waals surface area contributed by atoms with Gasteiger partial charge < -0.3 is 15.5 Å². The normalized spacial score (nSPS) is 11.3. The van der Waals surface area contributed by atoms with Crippen molar-refractivity contribution in [3.8, 4) is 0 Å². The van der Waals surface area contributed by atoms with Gasteiger partial charge in [0.05, 0.1) is 5.39 Å². The van der Waals surface area contributed by atoms with Crippen LogP contribution in [0.15, 0.2) is 6.07 Å². The van der Waals surface area contributed by atoms with Crippen molar-refractivity contribution in [3.05, 3.63) is 10.9 Å². The minimum Gasteiger partial charge on any atom is -0.369 e. The molecule has 2 aromatic rings. The summed E-state index contributed by atoms with van der Waals surface area (Å²) in [7, 11) is 1.85. The van der Waals surface area contributed by atoms with Crippen molar-refractivity contribution >= 4 is 33.3 Å². The Hall–Kier alpha value is -1.40. The van der Waals surface area contributed by atoms with Gasteiger partial charge in [-0.1, -0.05) is 13.8 Å². The number of thiophene rings is 1. The molecule has 116 valence electrons. The zero-order valence-corrected chi connectivity index (χ0v) is 14.2. The maximum absolute atomic E-state index is 4.55. The molecule has 2 aromatic heterocycles. The highest BCUT2D eigenvalue weighted by Gasteiger charge is 2.09. The molecule has 6 heteroatoms. The van der Waals surface area contributed by atoms with Gasteiger partial charge in [0.2, 0.25) is 5.95 Å². The minimum absolute atomic E-state index is 0.676. The second-order valence-electron chi connectivity index (χ2n) is 5.03. The van der Waals surface area contributed by atoms with Crippen LogP contribution in [0.25, 0.3) is 10.2 Å². The Balaban J connectivity index is 2.03. The van der Waals surface area contributed by atoms with Gasteiger partial charge in [0, 0.05) is 18.5 Å². The van der Waals surface area contributed by atoms with Crippen LogP contribution in [0.5, 0.6) is 0 Å². The highest BCUT2D eigenvalue weighted by atomic mass is 32.1. The smallest absolute Gasteiger partial charge is 0.225 e. The number of rotatable bonds is 8. The van der Waals surface area contributed by atoms with Gasteiger partial charge in [-0.05, 0) is 39.0 Å². The van der Waals surface area contributed by atoms with Crippen LogP contribution in [-0.2, 0) is 0 Å². The van der Waals surface area contributed by atoms with Crippen LogP contribution in [0.2, 0.25) is 0 Å². The van der Waals surface area contributed by atoms with Crippen molar-refractivity contribution in [1.29, 1.82) is 0 Å². The van der Waals surface area contributed by atoms with E-state index in [9.17, 15) is 0 Å². The van der Waals surface area contributed by atoms with Gasteiger partial charge in [-0.3, -0.25) is 0 Å². The topological polar surface area (TPSA) is 53.1 Å². The zero-order valence-electron chi connectivity index (χ0n) is 13.4. The van der Waals surface area contributed by atoms with E-state index < -0.39 is 0 Å². The molecule has 0 bridgehead atoms. The summed E-state index contributed by atoms with van der Waals surface area (Å²) in [4.78, 5) is 13.8. The van der Waals surface area contributed by atoms with E-state index >= 15 is 0 Å². The first kappa shape index (κ1) is 16.0. The fraction of sp³-hybridized carbons (Fsp3) is 0.600. The second-order valence-corrected chi connectivity index (χ2v) is 6.26. The van der Waals surface area contributed by atoms with Crippen LogP contribution in [-0.4, -0.2) is 48.1 Å². The molecule has 0 saturated heterocycles. The Bertz CT molecular complexity index is 577. The van der Waals surface area contributed by atoms with Gasteiger partial charge in [-0.2, -0.15) is 4.98 Å². The molecule has 5 nitrogen and oxygen atoms in total. The van der Waals surface area contributed by atoms with Crippen LogP contribution in [0.4, 0.5) is 11.8 Å². The Morgan fingerprint density at radius 2 is 2.00 bits per heavy atom. The Kier molecular flexibility index (Phi) is 5.76. The zero-order chi connectivity index (χ0) is 15.2. The molecule has 0 aliphatic carbocycles. The molecule has 0 aromatic carbocycles. The molecular formula is C15H25N5S. The maximum Gasteiger partial charge on any atom is 0.225 e. The number of fused-ring (bicyclic) bond motifs is 1. The quantitative estimate of drug-likeness (QED) is 0.734. The summed E-state index contributed by atoms with van der Waals surface area (Å²) in [5, 5.41) is 7.62. The van der Waals surface area contributed by atoms with Crippen molar-refractivity contribution < 1.29 is 0 Å². The van der Waals surface area contributed by atoms with E-state index in [-0.39, 0.29) is 0 Å². The summed E-state index contributed by atoms with van der Waals surface area (Å²) in [5.41, 5.74) is 0. The summed E-state index contributed by atoms with van der Waals surface area (Å²) < 4.78 is 0. The first-order valence-corrected chi connectivity index (χ1v) is 8.41. The molecule has 21 heavy (non-hydrogen) atoms. The first-order valence-electron chi connectivity index (χ1n) is 7.60. The summed E-state index contributed by atoms with van der Waals surface area (Å²) in [6.45, 7) is 10.8. The van der Waals surface area contributed by atoms with Crippen molar-refractivity contribution in [2.75, 3.05) is 43.9 Å². The minimum atomic E-state index is 0.676. The number of aromatic nitrogens is 2. The largest absolute Gasteiger partial charge is 0.369 e. The number of nitrogens with zero attached hydrogens (tertiary/aromatic N) is 3. The average molecular weight is 307 g/mol. The standard InChI is InChI=1S/C15H25N5S/c1-5-20(6-2)9-7-8-17-13-12-10-11(3)21-14(12)19-15(16-4)18-13/h10H,5-9H2,1-4H3,(H2,16,17,18,19). The molecule has 0 fully saturated rings. The number of hydrogen-bond acceptors (Lipinski definition) is 6. The predicted molar refractivity (Wildman–Crippen MR) is 92.6 cm³/mol. The van der Waals surface area contributed by atoms with Crippen LogP contribution < -0.4 is 10.6 Å². The summed E-state index contributed by atoms with van der Waals surface area (Å²) in [6, 6.07) is 2.16. The molecule has 0 unspecified atom stereocenters. The van der Waals surface area contributed by atoms with Crippen molar-refractivity contribution in [1.82, 2.24) is 14.9 Å². The third-order valence-electron chi connectivity index (χ3n) is 3.58. The lowest BCUT2D eigenvalue weighted by molar-refractivity contribution is 0.303. The van der Waals surface area contributed by atoms with Gasteiger partial charge in [0.1, 0.15) is 10.6 Å². The molecule has 2 rings (SSSR count). The summed E-state index contributed by atoms with van der Waals surface area (Å²) in [5.74, 6) is 1.61. The van der Waals surface area contributed by atoms with E-state index in [0.29, 0.717) is 5.95 Å². The summed E-state index contributed by atoms with van der Waals surface area (Å²) in [6.07, 6.45) is 1.12. The molecule has 0 amide bonds. The van der Waals surface area contributed by atoms with E-state index in [1.165, 1.54) is 4.88 Å². The van der Waals surface area contributed by atoms with Gasteiger partial charge in [0.25, 0.3) is 0 Å². The fourth-order valence-electron chi connectivity index (χ4n) is 2.34. The van der Waals surface area contributed by atoms with Crippen molar-refractivity contribution in [2.45, 2.75) is 27.2 Å². The highest BCUT2D eigenvalue weighted by Crippen LogP contribution is 2.29. The molecule has 0 saturated carbocycles. The third-order valence-corrected chi connectivity index (χ3v) is 4.52. The maximum atomic E-state index is 4.55. The summed E-state index contributed by atoms with van der Waals surface area (Å²) >= 11 is 1.71. The predicted octanol–water partition coefficient (Wildman–Crippen LogP) is 3.19. The van der Waals surface area contributed by atoms with E-state index in [0.717, 1.165) is 48.6 Å². The SMILES string of the molecule is CCN(CC)CCCNc1nc(NC)nc2sc(C)cc12. The molecule has 2 N–H and O–H groups in total. The Labute approximate surface area is 130 Å². The Morgan fingerprint density at radius 3 is 2.67 bits per heavy atom. The van der Waals surface area contributed by atoms with E-state index in [1.807, 2.05) is 7.05 Å². The molecule has 2 heterocycles. The highest BCUT2D eigenvalue weighted by molar-refractivity contribution is 7.18. The van der Waals surface area contributed by atoms with E-state index in [1.54, 1.807) is 11.3 Å². The number of hydrogen-bond donors (Lipinski definition) is 2. The average Bonchev–Trinajstić information content (AvgIpc) is 2.87. The van der Waals surface area contributed by atoms with Crippen LogP contribution >= 0.6 is 11.3 Å². The van der Waals surface area contributed by atoms with Crippen LogP contribution in [0.1, 0.15) is 25.1 Å². The van der Waals surface area contributed by atoms with Crippen LogP contribution in [0, 0.1) is 6.92 Å². The second kappa shape index (κ2) is 7.56. The molecule has 0 spiro atoms. The number of aryl methyl sites for hydroxylation is 1. The molecule has 0 aliphatic heterocycles. The third kappa shape index (κ3) is 4.04. The van der Waals surface area contributed by atoms with E-state index in [2.05, 4.69) is 52.3 Å². The molecule has 0 aliphatic rings. The number of nitrogens with one attached hydrogen (secondary N) is 2. The lowest BCUT2D eigenvalue weighted by Crippen LogP contribution is -2.25. The lowest BCUT2D eigenvalue weighted by atomic mass is 10.3. The van der Waals surface area contributed by atoms with Gasteiger partial charge in [-0.15, -0.1) is 11.3 Å². The van der Waals surface area contributed by atoms with Gasteiger partial charge in [0.15, 0.2) is 0 Å². The first-order chi connectivity index (χ1) is 10.2. The molecule has 0 radical (unpaired) electrons. The Morgan fingerprint density at radius 1 is 1.24 bits per heavy atom. The fourth-order valence-corrected chi connectivity index (χ4v) is 3.22. The van der Waals surface area contributed by atoms with Crippen molar-refractivity contribution in [2.24, 2.45) is 0 Å². The number of anilines is 2. The van der Waals surface area contributed by atoms with Crippen molar-refractivity contribution in [3.63, 3.8) is 0 Å². The van der Waals surface area contributed by atoms with E-state index in [4.69, 9.17) is 0 Å². The molecule has 0 atom stereocenters. The monoisotopic (exact) mass is 307 g/mol. The molecular weight excluding hydrogens is 282 g/mol. The van der Waals surface area contributed by atoms with Crippen LogP contribution in [0.3, 0.4) is 0 Å². The lowest BCUT2D eigenvalue weighted by Gasteiger charge is -2.18.